The molecular formula is C9H15ClN6O. The van der Waals surface area contributed by atoms with Crippen LogP contribution in [0.2, 0.25) is 5.02 Å². The summed E-state index contributed by atoms with van der Waals surface area (Å²) < 4.78 is 0. The van der Waals surface area contributed by atoms with Gasteiger partial charge in [-0.25, -0.2) is 10.8 Å². The quantitative estimate of drug-likeness (QED) is 0.447. The molecule has 0 unspecified atom stereocenters. The number of nitrogens with one attached hydrogen (secondary N) is 2. The summed E-state index contributed by atoms with van der Waals surface area (Å²) in [5.74, 6) is 5.39. The Bertz CT molecular complexity index is 422. The summed E-state index contributed by atoms with van der Waals surface area (Å²) in [5.41, 5.74) is 6.85. The van der Waals surface area contributed by atoms with Gasteiger partial charge in [-0.15, -0.1) is 0 Å². The van der Waals surface area contributed by atoms with Crippen LogP contribution in [0.3, 0.4) is 0 Å². The summed E-state index contributed by atoms with van der Waals surface area (Å²) in [5, 5.41) is 3.27. The van der Waals surface area contributed by atoms with Crippen molar-refractivity contribution in [1.29, 1.82) is 0 Å². The molecule has 8 heteroatoms. The van der Waals surface area contributed by atoms with E-state index in [9.17, 15) is 4.79 Å². The fraction of sp³-hybridized carbons (Fsp3) is 0.444. The number of halogens is 1. The number of hydrazine groups is 1. The molecule has 0 bridgehead atoms. The lowest BCUT2D eigenvalue weighted by Gasteiger charge is -2.21. The monoisotopic (exact) mass is 258 g/mol. The van der Waals surface area contributed by atoms with Crippen LogP contribution >= 0.6 is 11.6 Å². The molecule has 0 aliphatic heterocycles. The molecule has 7 nitrogen and oxygen atoms in total. The van der Waals surface area contributed by atoms with Crippen molar-refractivity contribution in [2.24, 2.45) is 17.0 Å². The molecule has 1 heterocycles. The Labute approximate surface area is 104 Å². The van der Waals surface area contributed by atoms with Crippen molar-refractivity contribution in [2.75, 3.05) is 17.3 Å². The van der Waals surface area contributed by atoms with E-state index in [0.29, 0.717) is 17.4 Å². The second kappa shape index (κ2) is 5.15. The molecule has 0 radical (unpaired) electrons. The van der Waals surface area contributed by atoms with E-state index in [1.165, 1.54) is 6.20 Å². The normalized spacial score (nSPS) is 11.1. The highest BCUT2D eigenvalue weighted by atomic mass is 35.5. The van der Waals surface area contributed by atoms with Gasteiger partial charge in [-0.1, -0.05) is 11.6 Å². The summed E-state index contributed by atoms with van der Waals surface area (Å²) in [7, 11) is 0. The number of primary amides is 1. The summed E-state index contributed by atoms with van der Waals surface area (Å²) in [6.45, 7) is 3.75. The first-order valence-electron chi connectivity index (χ1n) is 4.90. The first-order valence-corrected chi connectivity index (χ1v) is 5.27. The average Bonchev–Trinajstić information content (AvgIpc) is 2.28. The van der Waals surface area contributed by atoms with Crippen LogP contribution in [-0.4, -0.2) is 22.4 Å². The van der Waals surface area contributed by atoms with Crippen LogP contribution < -0.4 is 22.3 Å². The number of rotatable bonds is 5. The molecule has 0 aliphatic carbocycles. The molecule has 17 heavy (non-hydrogen) atoms. The Kier molecular flexibility index (Phi) is 4.08. The largest absolute Gasteiger partial charge is 0.369 e. The standard InChI is InChI=1S/C9H15ClN6O/c1-9(2,7(11)17)4-14-6-5(10)3-13-8(15-6)16-12/h3H,4,12H2,1-2H3,(H2,11,17)(H2,13,14,15,16). The topological polar surface area (TPSA) is 119 Å². The number of hydrogen-bond acceptors (Lipinski definition) is 6. The van der Waals surface area contributed by atoms with Crippen molar-refractivity contribution in [2.45, 2.75) is 13.8 Å². The predicted octanol–water partition coefficient (Wildman–Crippen LogP) is 0.339. The molecule has 0 aromatic carbocycles. The van der Waals surface area contributed by atoms with Crippen LogP contribution in [0.4, 0.5) is 11.8 Å². The highest BCUT2D eigenvalue weighted by molar-refractivity contribution is 6.32. The van der Waals surface area contributed by atoms with Gasteiger partial charge in [0.2, 0.25) is 11.9 Å². The summed E-state index contributed by atoms with van der Waals surface area (Å²) >= 11 is 5.89. The molecule has 1 aromatic heterocycles. The van der Waals surface area contributed by atoms with Gasteiger partial charge < -0.3 is 11.1 Å². The molecule has 0 fully saturated rings. The molecule has 0 spiro atoms. The number of nitrogen functional groups attached to an aromatic ring is 1. The Morgan fingerprint density at radius 2 is 2.24 bits per heavy atom. The van der Waals surface area contributed by atoms with Gasteiger partial charge in [0.05, 0.1) is 11.6 Å². The van der Waals surface area contributed by atoms with E-state index in [-0.39, 0.29) is 5.95 Å². The Morgan fingerprint density at radius 1 is 1.59 bits per heavy atom. The third kappa shape index (κ3) is 3.43. The van der Waals surface area contributed by atoms with Crippen LogP contribution in [0.15, 0.2) is 6.20 Å². The zero-order valence-corrected chi connectivity index (χ0v) is 10.4. The van der Waals surface area contributed by atoms with E-state index in [4.69, 9.17) is 23.2 Å². The van der Waals surface area contributed by atoms with Crippen molar-refractivity contribution < 1.29 is 4.79 Å². The number of amides is 1. The summed E-state index contributed by atoms with van der Waals surface area (Å²) in [4.78, 5) is 19.0. The van der Waals surface area contributed by atoms with E-state index < -0.39 is 11.3 Å². The van der Waals surface area contributed by atoms with E-state index in [1.807, 2.05) is 0 Å². The molecule has 0 aliphatic rings. The predicted molar refractivity (Wildman–Crippen MR) is 66.3 cm³/mol. The lowest BCUT2D eigenvalue weighted by molar-refractivity contribution is -0.125. The van der Waals surface area contributed by atoms with Crippen molar-refractivity contribution in [3.05, 3.63) is 11.2 Å². The number of aromatic nitrogens is 2. The average molecular weight is 259 g/mol. The lowest BCUT2D eigenvalue weighted by Crippen LogP contribution is -2.37. The fourth-order valence-corrected chi connectivity index (χ4v) is 1.11. The Hall–Kier alpha value is -1.60. The van der Waals surface area contributed by atoms with Gasteiger partial charge in [-0.05, 0) is 13.8 Å². The number of carbonyl (C=O) groups is 1. The van der Waals surface area contributed by atoms with Crippen LogP contribution in [0.5, 0.6) is 0 Å². The Balaban J connectivity index is 2.78. The third-order valence-corrected chi connectivity index (χ3v) is 2.51. The second-order valence-corrected chi connectivity index (χ2v) is 4.54. The maximum atomic E-state index is 11.1. The minimum atomic E-state index is -0.704. The molecule has 6 N–H and O–H groups in total. The third-order valence-electron chi connectivity index (χ3n) is 2.24. The zero-order valence-electron chi connectivity index (χ0n) is 9.62. The van der Waals surface area contributed by atoms with E-state index >= 15 is 0 Å². The van der Waals surface area contributed by atoms with Crippen molar-refractivity contribution in [3.8, 4) is 0 Å². The molecule has 94 valence electrons. The van der Waals surface area contributed by atoms with Crippen LogP contribution in [0.25, 0.3) is 0 Å². The van der Waals surface area contributed by atoms with Crippen LogP contribution in [0, 0.1) is 5.41 Å². The van der Waals surface area contributed by atoms with E-state index in [1.54, 1.807) is 13.8 Å². The maximum Gasteiger partial charge on any atom is 0.239 e. The van der Waals surface area contributed by atoms with Gasteiger partial charge in [0.1, 0.15) is 5.02 Å². The smallest absolute Gasteiger partial charge is 0.239 e. The Morgan fingerprint density at radius 3 is 2.76 bits per heavy atom. The zero-order chi connectivity index (χ0) is 13.1. The molecule has 1 rings (SSSR count). The SMILES string of the molecule is CC(C)(CNc1nc(NN)ncc1Cl)C(N)=O. The number of nitrogens with zero attached hydrogens (tertiary/aromatic N) is 2. The van der Waals surface area contributed by atoms with Gasteiger partial charge in [0.15, 0.2) is 5.82 Å². The van der Waals surface area contributed by atoms with Gasteiger partial charge >= 0.3 is 0 Å². The highest BCUT2D eigenvalue weighted by Crippen LogP contribution is 2.21. The van der Waals surface area contributed by atoms with Crippen LogP contribution in [0.1, 0.15) is 13.8 Å². The minimum absolute atomic E-state index is 0.230. The number of hydrogen-bond donors (Lipinski definition) is 4. The summed E-state index contributed by atoms with van der Waals surface area (Å²) in [6, 6.07) is 0. The minimum Gasteiger partial charge on any atom is -0.369 e. The number of carbonyl (C=O) groups excluding carboxylic acids is 1. The van der Waals surface area contributed by atoms with E-state index in [0.717, 1.165) is 0 Å². The van der Waals surface area contributed by atoms with Gasteiger partial charge in [-0.2, -0.15) is 4.98 Å². The second-order valence-electron chi connectivity index (χ2n) is 4.14. The first kappa shape index (κ1) is 13.5. The highest BCUT2D eigenvalue weighted by Gasteiger charge is 2.25. The number of nitrogens with two attached hydrogens (primary N) is 2. The number of anilines is 2. The summed E-state index contributed by atoms with van der Waals surface area (Å²) in [6.07, 6.45) is 1.41. The van der Waals surface area contributed by atoms with Gasteiger partial charge in [0.25, 0.3) is 0 Å². The lowest BCUT2D eigenvalue weighted by atomic mass is 9.93. The van der Waals surface area contributed by atoms with Crippen molar-refractivity contribution >= 4 is 29.3 Å². The first-order chi connectivity index (χ1) is 7.86. The molecule has 1 aromatic rings. The molecular weight excluding hydrogens is 244 g/mol. The van der Waals surface area contributed by atoms with Crippen LogP contribution in [-0.2, 0) is 4.79 Å². The van der Waals surface area contributed by atoms with Crippen molar-refractivity contribution in [1.82, 2.24) is 9.97 Å². The maximum absolute atomic E-state index is 11.1. The van der Waals surface area contributed by atoms with Gasteiger partial charge in [0, 0.05) is 6.54 Å². The molecule has 1 amide bonds. The fourth-order valence-electron chi connectivity index (χ4n) is 0.952. The molecule has 0 saturated carbocycles. The van der Waals surface area contributed by atoms with Gasteiger partial charge in [-0.3, -0.25) is 10.2 Å². The van der Waals surface area contributed by atoms with E-state index in [2.05, 4.69) is 20.7 Å². The van der Waals surface area contributed by atoms with Crippen molar-refractivity contribution in [3.63, 3.8) is 0 Å². The molecule has 0 saturated heterocycles. The molecule has 0 atom stereocenters.